The summed E-state index contributed by atoms with van der Waals surface area (Å²) in [5.74, 6) is -0.165. The molecule has 2 rings (SSSR count). The summed E-state index contributed by atoms with van der Waals surface area (Å²) in [5.41, 5.74) is 2.44. The van der Waals surface area contributed by atoms with E-state index in [2.05, 4.69) is 10.3 Å². The largest absolute Gasteiger partial charge is 0.384 e. The lowest BCUT2D eigenvalue weighted by molar-refractivity contribution is -0.129. The van der Waals surface area contributed by atoms with Crippen molar-refractivity contribution < 1.29 is 9.59 Å². The average molecular weight is 299 g/mol. The summed E-state index contributed by atoms with van der Waals surface area (Å²) in [5, 5.41) is 4.00. The predicted octanol–water partition coefficient (Wildman–Crippen LogP) is 2.17. The number of nitrogens with zero attached hydrogens (tertiary/aromatic N) is 1. The molecule has 22 heavy (non-hydrogen) atoms. The van der Waals surface area contributed by atoms with Gasteiger partial charge in [-0.1, -0.05) is 25.1 Å². The zero-order chi connectivity index (χ0) is 15.9. The summed E-state index contributed by atoms with van der Waals surface area (Å²) in [6, 6.07) is 7.92. The molecule has 1 heterocycles. The fourth-order valence-electron chi connectivity index (χ4n) is 2.42. The smallest absolute Gasteiger partial charge is 0.270 e. The van der Waals surface area contributed by atoms with Crippen LogP contribution in [0.2, 0.25) is 0 Å². The van der Waals surface area contributed by atoms with E-state index in [4.69, 9.17) is 0 Å². The number of carbonyl (C=O) groups excluding carboxylic acids is 2. The second-order valence-electron chi connectivity index (χ2n) is 5.02. The van der Waals surface area contributed by atoms with Gasteiger partial charge in [0.2, 0.25) is 0 Å². The third-order valence-electron chi connectivity index (χ3n) is 3.50. The van der Waals surface area contributed by atoms with E-state index in [-0.39, 0.29) is 12.5 Å². The summed E-state index contributed by atoms with van der Waals surface area (Å²) in [6.07, 6.45) is 5.25. The number of rotatable bonds is 7. The van der Waals surface area contributed by atoms with Crippen LogP contribution < -0.4 is 5.32 Å². The van der Waals surface area contributed by atoms with Gasteiger partial charge in [0, 0.05) is 36.3 Å². The van der Waals surface area contributed by atoms with E-state index in [1.807, 2.05) is 43.5 Å². The van der Waals surface area contributed by atoms with Crippen molar-refractivity contribution in [3.63, 3.8) is 0 Å². The number of benzene rings is 1. The molecule has 2 N–H and O–H groups in total. The van der Waals surface area contributed by atoms with E-state index < -0.39 is 0 Å². The molecule has 0 bridgehead atoms. The van der Waals surface area contributed by atoms with Crippen LogP contribution in [0.1, 0.15) is 18.9 Å². The van der Waals surface area contributed by atoms with Gasteiger partial charge in [0.25, 0.3) is 5.91 Å². The number of nitrogens with one attached hydrogen (secondary N) is 2. The van der Waals surface area contributed by atoms with Crippen molar-refractivity contribution in [2.45, 2.75) is 13.3 Å². The summed E-state index contributed by atoms with van der Waals surface area (Å²) in [7, 11) is 1.71. The number of H-pyrrole nitrogens is 1. The summed E-state index contributed by atoms with van der Waals surface area (Å²) in [6.45, 7) is 2.65. The van der Waals surface area contributed by atoms with Gasteiger partial charge in [0.1, 0.15) is 12.0 Å². The van der Waals surface area contributed by atoms with Gasteiger partial charge in [-0.2, -0.15) is 0 Å². The van der Waals surface area contributed by atoms with Crippen LogP contribution in [0.5, 0.6) is 0 Å². The minimum absolute atomic E-state index is 0.111. The first-order valence-corrected chi connectivity index (χ1v) is 7.39. The minimum Gasteiger partial charge on any atom is -0.384 e. The lowest BCUT2D eigenvalue weighted by Gasteiger charge is -2.20. The number of hydrogen-bond donors (Lipinski definition) is 2. The topological polar surface area (TPSA) is 65.2 Å². The fourth-order valence-corrected chi connectivity index (χ4v) is 2.42. The molecule has 1 aromatic carbocycles. The highest BCUT2D eigenvalue weighted by atomic mass is 16.2. The first-order chi connectivity index (χ1) is 10.7. The second kappa shape index (κ2) is 7.45. The van der Waals surface area contributed by atoms with Crippen molar-refractivity contribution in [2.24, 2.45) is 0 Å². The molecule has 0 saturated carbocycles. The van der Waals surface area contributed by atoms with Crippen LogP contribution in [0.4, 0.5) is 0 Å². The van der Waals surface area contributed by atoms with Gasteiger partial charge >= 0.3 is 0 Å². The Balaban J connectivity index is 2.33. The maximum Gasteiger partial charge on any atom is 0.270 e. The van der Waals surface area contributed by atoms with Gasteiger partial charge in [-0.15, -0.1) is 0 Å². The molecule has 0 aliphatic rings. The van der Waals surface area contributed by atoms with Gasteiger partial charge in [0.05, 0.1) is 6.54 Å². The molecule has 0 atom stereocenters. The first kappa shape index (κ1) is 15.8. The van der Waals surface area contributed by atoms with Crippen LogP contribution in [-0.4, -0.2) is 42.2 Å². The zero-order valence-electron chi connectivity index (χ0n) is 12.9. The molecule has 0 radical (unpaired) electrons. The Labute approximate surface area is 130 Å². The Morgan fingerprint density at radius 3 is 2.82 bits per heavy atom. The minimum atomic E-state index is -0.165. The Kier molecular flexibility index (Phi) is 5.36. The highest BCUT2D eigenvalue weighted by Gasteiger charge is 2.16. The van der Waals surface area contributed by atoms with E-state index in [1.54, 1.807) is 11.9 Å². The van der Waals surface area contributed by atoms with Crippen molar-refractivity contribution in [1.29, 1.82) is 0 Å². The number of likely N-dealkylation sites (N-methyl/N-ethyl adjacent to an activating group) is 1. The molecular weight excluding hydrogens is 278 g/mol. The summed E-state index contributed by atoms with van der Waals surface area (Å²) < 4.78 is 0. The fraction of sp³-hybridized carbons (Fsp3) is 0.294. The zero-order valence-corrected chi connectivity index (χ0v) is 12.9. The van der Waals surface area contributed by atoms with Crippen LogP contribution in [-0.2, 0) is 9.59 Å². The van der Waals surface area contributed by atoms with E-state index in [0.29, 0.717) is 12.2 Å². The van der Waals surface area contributed by atoms with Crippen molar-refractivity contribution >= 4 is 29.2 Å². The van der Waals surface area contributed by atoms with Crippen molar-refractivity contribution in [2.75, 3.05) is 20.1 Å². The Morgan fingerprint density at radius 1 is 1.36 bits per heavy atom. The Hall–Kier alpha value is -2.56. The standard InChI is InChI=1S/C17H21N3O2/c1-3-8-20(9-10-21)17(22)16(18-2)11-13-12-19-15-7-5-4-6-14(13)15/h4-7,10-12,18-19H,3,8-9H2,1-2H3/b16-11+. The lowest BCUT2D eigenvalue weighted by Crippen LogP contribution is -2.37. The molecule has 5 nitrogen and oxygen atoms in total. The van der Waals surface area contributed by atoms with Crippen LogP contribution in [0.3, 0.4) is 0 Å². The van der Waals surface area contributed by atoms with Gasteiger partial charge in [-0.3, -0.25) is 4.79 Å². The molecule has 5 heteroatoms. The monoisotopic (exact) mass is 299 g/mol. The third kappa shape index (κ3) is 3.36. The molecule has 2 aromatic rings. The lowest BCUT2D eigenvalue weighted by atomic mass is 10.1. The summed E-state index contributed by atoms with van der Waals surface area (Å²) in [4.78, 5) is 28.0. The molecule has 1 aromatic heterocycles. The van der Waals surface area contributed by atoms with Crippen molar-refractivity contribution in [1.82, 2.24) is 15.2 Å². The number of hydrogen-bond acceptors (Lipinski definition) is 3. The second-order valence-corrected chi connectivity index (χ2v) is 5.02. The normalized spacial score (nSPS) is 11.5. The van der Waals surface area contributed by atoms with Crippen LogP contribution >= 0.6 is 0 Å². The van der Waals surface area contributed by atoms with Crippen LogP contribution in [0.15, 0.2) is 36.2 Å². The Bertz CT molecular complexity index is 688. The molecule has 0 aliphatic carbocycles. The van der Waals surface area contributed by atoms with Crippen LogP contribution in [0, 0.1) is 0 Å². The predicted molar refractivity (Wildman–Crippen MR) is 88.3 cm³/mol. The average Bonchev–Trinajstić information content (AvgIpc) is 2.95. The molecule has 0 spiro atoms. The number of para-hydroxylation sites is 1. The quantitative estimate of drug-likeness (QED) is 0.608. The van der Waals surface area contributed by atoms with Gasteiger partial charge in [-0.05, 0) is 18.6 Å². The van der Waals surface area contributed by atoms with Crippen molar-refractivity contribution in [3.8, 4) is 0 Å². The number of aromatic amines is 1. The third-order valence-corrected chi connectivity index (χ3v) is 3.50. The highest BCUT2D eigenvalue weighted by Crippen LogP contribution is 2.20. The van der Waals surface area contributed by atoms with Gasteiger partial charge in [-0.25, -0.2) is 0 Å². The molecular formula is C17H21N3O2. The van der Waals surface area contributed by atoms with E-state index in [0.717, 1.165) is 29.2 Å². The van der Waals surface area contributed by atoms with Gasteiger partial charge < -0.3 is 20.0 Å². The number of aromatic nitrogens is 1. The number of fused-ring (bicyclic) bond motifs is 1. The molecule has 1 amide bonds. The number of amides is 1. The van der Waals surface area contributed by atoms with E-state index >= 15 is 0 Å². The molecule has 0 aliphatic heterocycles. The SMILES string of the molecule is CCCN(CC=O)C(=O)/C(=C\c1c[nH]c2ccccc12)NC. The highest BCUT2D eigenvalue weighted by molar-refractivity contribution is 6.00. The number of aldehydes is 1. The van der Waals surface area contributed by atoms with Gasteiger partial charge in [0.15, 0.2) is 0 Å². The van der Waals surface area contributed by atoms with E-state index in [1.165, 1.54) is 0 Å². The number of carbonyl (C=O) groups is 2. The molecule has 0 fully saturated rings. The summed E-state index contributed by atoms with van der Waals surface area (Å²) >= 11 is 0. The van der Waals surface area contributed by atoms with Crippen molar-refractivity contribution in [3.05, 3.63) is 41.7 Å². The van der Waals surface area contributed by atoms with Crippen LogP contribution in [0.25, 0.3) is 17.0 Å². The van der Waals surface area contributed by atoms with E-state index in [9.17, 15) is 9.59 Å². The molecule has 0 saturated heterocycles. The first-order valence-electron chi connectivity index (χ1n) is 7.39. The Morgan fingerprint density at radius 2 is 2.14 bits per heavy atom. The molecule has 116 valence electrons. The maximum atomic E-state index is 12.5. The molecule has 0 unspecified atom stereocenters. The maximum absolute atomic E-state index is 12.5.